The van der Waals surface area contributed by atoms with Crippen molar-refractivity contribution in [3.63, 3.8) is 0 Å². The molecule has 22 heavy (non-hydrogen) atoms. The molecule has 2 rings (SSSR count). The van der Waals surface area contributed by atoms with Crippen molar-refractivity contribution in [1.82, 2.24) is 14.3 Å². The van der Waals surface area contributed by atoms with Gasteiger partial charge in [0.2, 0.25) is 0 Å². The fraction of sp³-hybridized carbons (Fsp3) is 0.438. The van der Waals surface area contributed by atoms with E-state index in [1.165, 1.54) is 11.9 Å². The summed E-state index contributed by atoms with van der Waals surface area (Å²) in [4.78, 5) is 29.7. The Kier molecular flexibility index (Phi) is 3.96. The average molecular weight is 303 g/mol. The molecule has 1 amide bonds. The molecule has 0 fully saturated rings. The minimum Gasteiger partial charge on any atom is -0.444 e. The van der Waals surface area contributed by atoms with Gasteiger partial charge in [0, 0.05) is 19.4 Å². The van der Waals surface area contributed by atoms with E-state index in [9.17, 15) is 9.59 Å². The minimum atomic E-state index is -1.20. The van der Waals surface area contributed by atoms with E-state index >= 15 is 0 Å². The van der Waals surface area contributed by atoms with Gasteiger partial charge in [0.25, 0.3) is 0 Å². The number of nitrogens with zero attached hydrogens (tertiary/aromatic N) is 3. The van der Waals surface area contributed by atoms with Crippen LogP contribution in [0.5, 0.6) is 0 Å². The van der Waals surface area contributed by atoms with Gasteiger partial charge in [-0.25, -0.2) is 9.78 Å². The quantitative estimate of drug-likeness (QED) is 0.818. The van der Waals surface area contributed by atoms with E-state index in [-0.39, 0.29) is 0 Å². The number of hydrogen-bond acceptors (Lipinski definition) is 4. The van der Waals surface area contributed by atoms with Crippen molar-refractivity contribution >= 4 is 18.0 Å². The highest BCUT2D eigenvalue weighted by atomic mass is 16.6. The Morgan fingerprint density at radius 2 is 2.00 bits per heavy atom. The summed E-state index contributed by atoms with van der Waals surface area (Å²) in [5.41, 5.74) is -0.632. The molecule has 1 unspecified atom stereocenters. The van der Waals surface area contributed by atoms with Crippen LogP contribution in [-0.2, 0) is 15.1 Å². The van der Waals surface area contributed by atoms with Crippen molar-refractivity contribution in [2.45, 2.75) is 38.8 Å². The number of carbonyl (C=O) groups excluding carboxylic acids is 2. The third-order valence-corrected chi connectivity index (χ3v) is 3.48. The first kappa shape index (κ1) is 16.0. The number of aromatic nitrogens is 2. The van der Waals surface area contributed by atoms with Crippen LogP contribution in [0.25, 0.3) is 5.65 Å². The Labute approximate surface area is 129 Å². The summed E-state index contributed by atoms with van der Waals surface area (Å²) < 4.78 is 7.14. The Morgan fingerprint density at radius 3 is 2.55 bits per heavy atom. The lowest BCUT2D eigenvalue weighted by Crippen LogP contribution is -2.48. The number of likely N-dealkylation sites (N-methyl/N-ethyl adjacent to an activating group) is 1. The van der Waals surface area contributed by atoms with Crippen LogP contribution >= 0.6 is 0 Å². The number of hydrogen-bond donors (Lipinski definition) is 0. The van der Waals surface area contributed by atoms with Crippen LogP contribution < -0.4 is 0 Å². The van der Waals surface area contributed by atoms with Crippen LogP contribution in [0.3, 0.4) is 0 Å². The molecule has 0 aliphatic heterocycles. The number of aldehydes is 1. The highest BCUT2D eigenvalue weighted by Crippen LogP contribution is 2.26. The van der Waals surface area contributed by atoms with Crippen LogP contribution in [-0.4, -0.2) is 39.3 Å². The second-order valence-corrected chi connectivity index (χ2v) is 6.40. The first-order chi connectivity index (χ1) is 10.2. The summed E-state index contributed by atoms with van der Waals surface area (Å²) in [5.74, 6) is 0. The third-order valence-electron chi connectivity index (χ3n) is 3.48. The standard InChI is InChI=1S/C16H21N3O3/c1-15(2,3)22-14(21)18(5)16(4,11-20)12-10-19-9-7-6-8-13(19)17-12/h6-11H,1-5H3. The zero-order chi connectivity index (χ0) is 16.5. The van der Waals surface area contributed by atoms with Gasteiger partial charge in [0.05, 0.1) is 5.69 Å². The summed E-state index contributed by atoms with van der Waals surface area (Å²) in [6, 6.07) is 5.57. The SMILES string of the molecule is CN(C(=O)OC(C)(C)C)C(C)(C=O)c1cn2ccccc2n1. The van der Waals surface area contributed by atoms with Crippen molar-refractivity contribution in [1.29, 1.82) is 0 Å². The molecule has 0 saturated carbocycles. The molecule has 0 aromatic carbocycles. The first-order valence-corrected chi connectivity index (χ1v) is 7.05. The highest BCUT2D eigenvalue weighted by Gasteiger charge is 2.38. The van der Waals surface area contributed by atoms with E-state index < -0.39 is 17.2 Å². The molecule has 6 heteroatoms. The molecule has 0 radical (unpaired) electrons. The van der Waals surface area contributed by atoms with E-state index in [0.717, 1.165) is 0 Å². The molecule has 0 bridgehead atoms. The third kappa shape index (κ3) is 2.95. The molecular weight excluding hydrogens is 282 g/mol. The molecule has 0 N–H and O–H groups in total. The van der Waals surface area contributed by atoms with Gasteiger partial charge in [-0.15, -0.1) is 0 Å². The van der Waals surface area contributed by atoms with Gasteiger partial charge in [-0.05, 0) is 39.8 Å². The summed E-state index contributed by atoms with van der Waals surface area (Å²) >= 11 is 0. The van der Waals surface area contributed by atoms with Crippen molar-refractivity contribution < 1.29 is 14.3 Å². The summed E-state index contributed by atoms with van der Waals surface area (Å²) in [7, 11) is 1.53. The predicted molar refractivity (Wildman–Crippen MR) is 82.6 cm³/mol. The second-order valence-electron chi connectivity index (χ2n) is 6.40. The number of fused-ring (bicyclic) bond motifs is 1. The van der Waals surface area contributed by atoms with Crippen molar-refractivity contribution in [2.75, 3.05) is 7.05 Å². The Hall–Kier alpha value is -2.37. The first-order valence-electron chi connectivity index (χ1n) is 7.05. The minimum absolute atomic E-state index is 0.488. The maximum Gasteiger partial charge on any atom is 0.411 e. The van der Waals surface area contributed by atoms with Crippen LogP contribution in [0.4, 0.5) is 4.79 Å². The van der Waals surface area contributed by atoms with Gasteiger partial charge in [-0.3, -0.25) is 4.90 Å². The molecule has 2 heterocycles. The normalized spacial score (nSPS) is 14.4. The maximum absolute atomic E-state index is 12.3. The van der Waals surface area contributed by atoms with Gasteiger partial charge < -0.3 is 13.9 Å². The fourth-order valence-electron chi connectivity index (χ4n) is 2.01. The maximum atomic E-state index is 12.3. The van der Waals surface area contributed by atoms with Crippen LogP contribution in [0.1, 0.15) is 33.4 Å². The summed E-state index contributed by atoms with van der Waals surface area (Å²) in [6.07, 6.45) is 3.72. The molecule has 0 spiro atoms. The lowest BCUT2D eigenvalue weighted by molar-refractivity contribution is -0.117. The van der Waals surface area contributed by atoms with Gasteiger partial charge >= 0.3 is 6.09 Å². The second kappa shape index (κ2) is 5.44. The molecule has 2 aromatic rings. The van der Waals surface area contributed by atoms with Crippen molar-refractivity contribution in [2.24, 2.45) is 0 Å². The largest absolute Gasteiger partial charge is 0.444 e. The monoisotopic (exact) mass is 303 g/mol. The van der Waals surface area contributed by atoms with Gasteiger partial charge in [0.15, 0.2) is 6.29 Å². The zero-order valence-electron chi connectivity index (χ0n) is 13.5. The van der Waals surface area contributed by atoms with Gasteiger partial charge in [-0.2, -0.15) is 0 Å². The van der Waals surface area contributed by atoms with Crippen LogP contribution in [0.2, 0.25) is 0 Å². The van der Waals surface area contributed by atoms with Gasteiger partial charge in [-0.1, -0.05) is 6.07 Å². The number of rotatable bonds is 3. The average Bonchev–Trinajstić information content (AvgIpc) is 2.88. The number of amides is 1. The topological polar surface area (TPSA) is 63.9 Å². The Morgan fingerprint density at radius 1 is 1.32 bits per heavy atom. The molecule has 1 atom stereocenters. The number of carbonyl (C=O) groups is 2. The Balaban J connectivity index is 2.38. The van der Waals surface area contributed by atoms with Crippen molar-refractivity contribution in [3.05, 3.63) is 36.3 Å². The number of pyridine rings is 1. The lowest BCUT2D eigenvalue weighted by atomic mass is 9.99. The Bertz CT molecular complexity index is 669. The van der Waals surface area contributed by atoms with E-state index in [4.69, 9.17) is 4.74 Å². The molecule has 118 valence electrons. The smallest absolute Gasteiger partial charge is 0.411 e. The summed E-state index contributed by atoms with van der Waals surface area (Å²) in [6.45, 7) is 6.98. The number of imidazole rings is 1. The van der Waals surface area contributed by atoms with E-state index in [1.54, 1.807) is 38.3 Å². The molecular formula is C16H21N3O3. The van der Waals surface area contributed by atoms with E-state index in [2.05, 4.69) is 4.98 Å². The molecule has 6 nitrogen and oxygen atoms in total. The number of ether oxygens (including phenoxy) is 1. The van der Waals surface area contributed by atoms with Crippen molar-refractivity contribution in [3.8, 4) is 0 Å². The molecule has 0 aliphatic rings. The van der Waals surface area contributed by atoms with Gasteiger partial charge in [0.1, 0.15) is 16.8 Å². The van der Waals surface area contributed by atoms with Crippen LogP contribution in [0, 0.1) is 0 Å². The molecule has 0 aliphatic carbocycles. The molecule has 2 aromatic heterocycles. The molecule has 0 saturated heterocycles. The lowest BCUT2D eigenvalue weighted by Gasteiger charge is -2.34. The van der Waals surface area contributed by atoms with E-state index in [0.29, 0.717) is 17.6 Å². The predicted octanol–water partition coefficient (Wildman–Crippen LogP) is 2.62. The fourth-order valence-corrected chi connectivity index (χ4v) is 2.01. The highest BCUT2D eigenvalue weighted by molar-refractivity contribution is 5.77. The van der Waals surface area contributed by atoms with Crippen LogP contribution in [0.15, 0.2) is 30.6 Å². The zero-order valence-corrected chi connectivity index (χ0v) is 13.5. The van der Waals surface area contributed by atoms with E-state index in [1.807, 2.05) is 24.4 Å². The summed E-state index contributed by atoms with van der Waals surface area (Å²) in [5, 5.41) is 0.